The lowest BCUT2D eigenvalue weighted by atomic mass is 9.48. The molecule has 4 heteroatoms. The van der Waals surface area contributed by atoms with Crippen molar-refractivity contribution in [3.63, 3.8) is 0 Å². The molecule has 0 saturated heterocycles. The lowest BCUT2D eigenvalue weighted by Gasteiger charge is -2.56. The van der Waals surface area contributed by atoms with Gasteiger partial charge in [-0.15, -0.1) is 0 Å². The summed E-state index contributed by atoms with van der Waals surface area (Å²) in [4.78, 5) is 36.7. The van der Waals surface area contributed by atoms with Crippen LogP contribution in [0.4, 0.5) is 0 Å². The van der Waals surface area contributed by atoms with Crippen LogP contribution in [0.15, 0.2) is 0 Å². The first-order chi connectivity index (χ1) is 10.4. The minimum atomic E-state index is -0.902. The molecule has 4 aliphatic carbocycles. The van der Waals surface area contributed by atoms with Crippen LogP contribution in [0, 0.1) is 29.1 Å². The average Bonchev–Trinajstić information content (AvgIpc) is 2.42. The molecule has 0 aromatic heterocycles. The number of rotatable bonds is 6. The Morgan fingerprint density at radius 1 is 1.05 bits per heavy atom. The van der Waals surface area contributed by atoms with E-state index >= 15 is 0 Å². The fraction of sp³-hybridized carbons (Fsp3) is 0.833. The summed E-state index contributed by atoms with van der Waals surface area (Å²) in [7, 11) is 0. The number of ketones is 2. The van der Waals surface area contributed by atoms with Crippen LogP contribution in [-0.4, -0.2) is 24.1 Å². The second kappa shape index (κ2) is 5.78. The summed E-state index contributed by atoms with van der Waals surface area (Å²) in [6.45, 7) is 3.35. The highest BCUT2D eigenvalue weighted by Crippen LogP contribution is 2.60. The number of esters is 1. The topological polar surface area (TPSA) is 60.4 Å². The molecule has 4 aliphatic rings. The van der Waals surface area contributed by atoms with Crippen molar-refractivity contribution in [3.05, 3.63) is 0 Å². The minimum Gasteiger partial charge on any atom is -0.465 e. The van der Waals surface area contributed by atoms with Gasteiger partial charge in [-0.2, -0.15) is 0 Å². The molecule has 1 unspecified atom stereocenters. The van der Waals surface area contributed by atoms with Crippen LogP contribution in [0.3, 0.4) is 0 Å². The van der Waals surface area contributed by atoms with E-state index in [-0.39, 0.29) is 30.0 Å². The van der Waals surface area contributed by atoms with E-state index < -0.39 is 11.9 Å². The van der Waals surface area contributed by atoms with Gasteiger partial charge in [-0.3, -0.25) is 14.4 Å². The molecule has 0 heterocycles. The van der Waals surface area contributed by atoms with Crippen molar-refractivity contribution in [2.24, 2.45) is 29.1 Å². The van der Waals surface area contributed by atoms with E-state index in [1.807, 2.05) is 0 Å². The zero-order valence-electron chi connectivity index (χ0n) is 13.6. The van der Waals surface area contributed by atoms with E-state index in [0.717, 1.165) is 19.3 Å². The van der Waals surface area contributed by atoms with E-state index in [4.69, 9.17) is 4.74 Å². The number of Topliss-reactive ketones (excluding diaryl/α,β-unsaturated/α-hetero) is 2. The Balaban J connectivity index is 1.73. The first-order valence-electron chi connectivity index (χ1n) is 8.64. The number of carbonyl (C=O) groups excluding carboxylic acids is 3. The Kier molecular flexibility index (Phi) is 4.13. The third-order valence-electron chi connectivity index (χ3n) is 6.08. The van der Waals surface area contributed by atoms with Crippen molar-refractivity contribution in [2.45, 2.75) is 58.8 Å². The van der Waals surface area contributed by atoms with Gasteiger partial charge >= 0.3 is 5.97 Å². The largest absolute Gasteiger partial charge is 0.465 e. The number of hydrogen-bond donors (Lipinski definition) is 0. The Morgan fingerprint density at radius 3 is 1.95 bits per heavy atom. The Hall–Kier alpha value is -1.19. The summed E-state index contributed by atoms with van der Waals surface area (Å²) >= 11 is 0. The van der Waals surface area contributed by atoms with Crippen LogP contribution in [0.1, 0.15) is 58.8 Å². The lowest BCUT2D eigenvalue weighted by Crippen LogP contribution is -2.50. The van der Waals surface area contributed by atoms with E-state index in [2.05, 4.69) is 0 Å². The molecule has 1 atom stereocenters. The third-order valence-corrected chi connectivity index (χ3v) is 6.08. The van der Waals surface area contributed by atoms with Gasteiger partial charge in [0.25, 0.3) is 0 Å². The first-order valence-corrected chi connectivity index (χ1v) is 8.64. The molecular weight excluding hydrogens is 280 g/mol. The van der Waals surface area contributed by atoms with Crippen LogP contribution >= 0.6 is 0 Å². The van der Waals surface area contributed by atoms with Gasteiger partial charge in [-0.1, -0.05) is 0 Å². The quantitative estimate of drug-likeness (QED) is 0.559. The van der Waals surface area contributed by atoms with Gasteiger partial charge in [0.1, 0.15) is 17.5 Å². The monoisotopic (exact) mass is 306 g/mol. The predicted octanol–water partition coefficient (Wildman–Crippen LogP) is 2.93. The molecular formula is C18H26O4. The maximum absolute atomic E-state index is 13.0. The predicted molar refractivity (Wildman–Crippen MR) is 81.0 cm³/mol. The third kappa shape index (κ3) is 2.72. The number of hydrogen-bond acceptors (Lipinski definition) is 4. The minimum absolute atomic E-state index is 0.0420. The number of carbonyl (C=O) groups is 3. The zero-order chi connectivity index (χ0) is 15.9. The molecule has 0 radical (unpaired) electrons. The summed E-state index contributed by atoms with van der Waals surface area (Å²) in [6.07, 6.45) is 6.81. The molecule has 0 aliphatic heterocycles. The second-order valence-corrected chi connectivity index (χ2v) is 7.74. The van der Waals surface area contributed by atoms with Gasteiger partial charge in [0.15, 0.2) is 0 Å². The molecule has 0 amide bonds. The molecule has 122 valence electrons. The molecule has 0 aromatic rings. The highest BCUT2D eigenvalue weighted by atomic mass is 16.5. The first kappa shape index (κ1) is 15.7. The molecule has 0 spiro atoms. The highest BCUT2D eigenvalue weighted by molar-refractivity contribution is 6.02. The SMILES string of the molecule is CCOC(=O)C(CC(=O)C12CC3CC(CC(C3)C1)C2)C(C)=O. The summed E-state index contributed by atoms with van der Waals surface area (Å²) in [6, 6.07) is 0. The van der Waals surface area contributed by atoms with Gasteiger partial charge in [-0.25, -0.2) is 0 Å². The zero-order valence-corrected chi connectivity index (χ0v) is 13.6. The Bertz CT molecular complexity index is 458. The smallest absolute Gasteiger partial charge is 0.316 e. The molecule has 4 bridgehead atoms. The summed E-state index contributed by atoms with van der Waals surface area (Å²) in [5.41, 5.74) is -0.241. The lowest BCUT2D eigenvalue weighted by molar-refractivity contribution is -0.156. The van der Waals surface area contributed by atoms with Crippen LogP contribution in [-0.2, 0) is 19.1 Å². The van der Waals surface area contributed by atoms with E-state index in [9.17, 15) is 14.4 Å². The van der Waals surface area contributed by atoms with Crippen LogP contribution < -0.4 is 0 Å². The van der Waals surface area contributed by atoms with Crippen LogP contribution in [0.2, 0.25) is 0 Å². The summed E-state index contributed by atoms with van der Waals surface area (Å²) in [5.74, 6) is 0.514. The van der Waals surface area contributed by atoms with Gasteiger partial charge < -0.3 is 4.74 Å². The second-order valence-electron chi connectivity index (χ2n) is 7.74. The fourth-order valence-electron chi connectivity index (χ4n) is 5.49. The molecule has 0 N–H and O–H groups in total. The molecule has 0 aromatic carbocycles. The molecule has 4 saturated carbocycles. The number of ether oxygens (including phenoxy) is 1. The summed E-state index contributed by atoms with van der Waals surface area (Å²) in [5, 5.41) is 0. The van der Waals surface area contributed by atoms with Crippen molar-refractivity contribution in [3.8, 4) is 0 Å². The van der Waals surface area contributed by atoms with Crippen LogP contribution in [0.25, 0.3) is 0 Å². The van der Waals surface area contributed by atoms with Crippen molar-refractivity contribution in [1.29, 1.82) is 0 Å². The van der Waals surface area contributed by atoms with Gasteiger partial charge in [0.05, 0.1) is 6.61 Å². The fourth-order valence-corrected chi connectivity index (χ4v) is 5.49. The van der Waals surface area contributed by atoms with Gasteiger partial charge in [0, 0.05) is 11.8 Å². The molecule has 22 heavy (non-hydrogen) atoms. The summed E-state index contributed by atoms with van der Waals surface area (Å²) < 4.78 is 4.97. The van der Waals surface area contributed by atoms with E-state index in [1.54, 1.807) is 6.92 Å². The standard InChI is InChI=1S/C18H26O4/c1-3-22-17(21)15(11(2)19)7-16(20)18-8-12-4-13(9-18)6-14(5-12)10-18/h12-15H,3-10H2,1-2H3. The normalized spacial score (nSPS) is 36.9. The maximum Gasteiger partial charge on any atom is 0.316 e. The van der Waals surface area contributed by atoms with Crippen molar-refractivity contribution in [1.82, 2.24) is 0 Å². The highest BCUT2D eigenvalue weighted by Gasteiger charge is 2.54. The average molecular weight is 306 g/mol. The van der Waals surface area contributed by atoms with Gasteiger partial charge in [-0.05, 0) is 70.1 Å². The maximum atomic E-state index is 13.0. The molecule has 4 nitrogen and oxygen atoms in total. The van der Waals surface area contributed by atoms with Gasteiger partial charge in [0.2, 0.25) is 0 Å². The van der Waals surface area contributed by atoms with Crippen molar-refractivity contribution < 1.29 is 19.1 Å². The Labute approximate surface area is 132 Å². The Morgan fingerprint density at radius 2 is 1.55 bits per heavy atom. The van der Waals surface area contributed by atoms with E-state index in [1.165, 1.54) is 26.2 Å². The molecule has 4 fully saturated rings. The van der Waals surface area contributed by atoms with Crippen molar-refractivity contribution >= 4 is 17.5 Å². The van der Waals surface area contributed by atoms with E-state index in [0.29, 0.717) is 17.8 Å². The van der Waals surface area contributed by atoms with Crippen molar-refractivity contribution in [2.75, 3.05) is 6.61 Å². The molecule has 4 rings (SSSR count). The van der Waals surface area contributed by atoms with Crippen LogP contribution in [0.5, 0.6) is 0 Å².